The van der Waals surface area contributed by atoms with E-state index in [2.05, 4.69) is 0 Å². The molecule has 5 heteroatoms. The fourth-order valence-corrected chi connectivity index (χ4v) is 2.11. The van der Waals surface area contributed by atoms with E-state index in [1.54, 1.807) is 48.5 Å². The van der Waals surface area contributed by atoms with Crippen molar-refractivity contribution < 1.29 is 14.3 Å². The van der Waals surface area contributed by atoms with Gasteiger partial charge in [-0.15, -0.1) is 0 Å². The Balaban J connectivity index is 2.44. The van der Waals surface area contributed by atoms with Gasteiger partial charge in [0.05, 0.1) is 12.7 Å². The zero-order valence-corrected chi connectivity index (χ0v) is 13.0. The Morgan fingerprint density at radius 3 is 2.39 bits per heavy atom. The van der Waals surface area contributed by atoms with Gasteiger partial charge in [-0.1, -0.05) is 29.8 Å². The molecule has 0 saturated carbocycles. The molecule has 2 aromatic carbocycles. The minimum Gasteiger partial charge on any atom is -0.465 e. The molecule has 0 radical (unpaired) electrons. The molecule has 0 atom stereocenters. The van der Waals surface area contributed by atoms with E-state index in [1.165, 1.54) is 13.2 Å². The average Bonchev–Trinajstić information content (AvgIpc) is 2.59. The zero-order chi connectivity index (χ0) is 16.8. The molecule has 4 nitrogen and oxygen atoms in total. The molecular formula is C18H12ClNO3. The first kappa shape index (κ1) is 16.5. The van der Waals surface area contributed by atoms with Crippen molar-refractivity contribution in [2.24, 2.45) is 0 Å². The van der Waals surface area contributed by atoms with Crippen LogP contribution in [0.25, 0.3) is 6.08 Å². The van der Waals surface area contributed by atoms with Gasteiger partial charge < -0.3 is 4.74 Å². The number of ether oxygens (including phenoxy) is 1. The number of methoxy groups -OCH3 is 1. The molecule has 0 saturated heterocycles. The molecule has 0 aliphatic carbocycles. The lowest BCUT2D eigenvalue weighted by atomic mass is 9.99. The van der Waals surface area contributed by atoms with Crippen LogP contribution in [0, 0.1) is 11.3 Å². The molecule has 114 valence electrons. The van der Waals surface area contributed by atoms with Crippen LogP contribution in [0.3, 0.4) is 0 Å². The van der Waals surface area contributed by atoms with Gasteiger partial charge in [-0.05, 0) is 42.0 Å². The SMILES string of the molecule is COC(=O)c1ccccc1/C=C(\C#N)C(=O)c1ccc(Cl)cc1. The number of Topliss-reactive ketones (excluding diaryl/α,β-unsaturated/α-hetero) is 1. The Morgan fingerprint density at radius 1 is 1.13 bits per heavy atom. The highest BCUT2D eigenvalue weighted by Gasteiger charge is 2.15. The van der Waals surface area contributed by atoms with Gasteiger partial charge in [0.15, 0.2) is 0 Å². The van der Waals surface area contributed by atoms with E-state index in [4.69, 9.17) is 16.3 Å². The molecule has 2 rings (SSSR count). The summed E-state index contributed by atoms with van der Waals surface area (Å²) in [6.45, 7) is 0. The maximum atomic E-state index is 12.4. The van der Waals surface area contributed by atoms with Gasteiger partial charge in [0.1, 0.15) is 11.6 Å². The number of halogens is 1. The number of ketones is 1. The van der Waals surface area contributed by atoms with Gasteiger partial charge >= 0.3 is 5.97 Å². The van der Waals surface area contributed by atoms with E-state index in [0.29, 0.717) is 16.1 Å². The minimum absolute atomic E-state index is 0.0799. The van der Waals surface area contributed by atoms with Crippen LogP contribution in [0.2, 0.25) is 5.02 Å². The van der Waals surface area contributed by atoms with Gasteiger partial charge in [-0.25, -0.2) is 4.79 Å². The van der Waals surface area contributed by atoms with Crippen LogP contribution in [0.15, 0.2) is 54.1 Å². The molecule has 0 aliphatic heterocycles. The summed E-state index contributed by atoms with van der Waals surface area (Å²) in [5.74, 6) is -0.975. The second-order valence-electron chi connectivity index (χ2n) is 4.58. The van der Waals surface area contributed by atoms with Crippen molar-refractivity contribution in [2.75, 3.05) is 7.11 Å². The Kier molecular flexibility index (Phi) is 5.29. The number of carbonyl (C=O) groups is 2. The molecule has 0 fully saturated rings. The maximum absolute atomic E-state index is 12.4. The lowest BCUT2D eigenvalue weighted by molar-refractivity contribution is 0.0600. The number of hydrogen-bond acceptors (Lipinski definition) is 4. The second-order valence-corrected chi connectivity index (χ2v) is 5.02. The quantitative estimate of drug-likeness (QED) is 0.370. The van der Waals surface area contributed by atoms with Crippen molar-refractivity contribution in [3.8, 4) is 6.07 Å². The summed E-state index contributed by atoms with van der Waals surface area (Å²) in [6, 6.07) is 14.7. The summed E-state index contributed by atoms with van der Waals surface area (Å²) < 4.78 is 4.70. The van der Waals surface area contributed by atoms with E-state index >= 15 is 0 Å². The maximum Gasteiger partial charge on any atom is 0.338 e. The molecule has 23 heavy (non-hydrogen) atoms. The van der Waals surface area contributed by atoms with E-state index in [0.717, 1.165) is 0 Å². The smallest absolute Gasteiger partial charge is 0.338 e. The number of nitrogens with zero attached hydrogens (tertiary/aromatic N) is 1. The Labute approximate surface area is 138 Å². The molecule has 0 aliphatic rings. The molecule has 0 aromatic heterocycles. The number of carbonyl (C=O) groups excluding carboxylic acids is 2. The van der Waals surface area contributed by atoms with E-state index in [-0.39, 0.29) is 11.1 Å². The summed E-state index contributed by atoms with van der Waals surface area (Å²) in [6.07, 6.45) is 1.38. The second kappa shape index (κ2) is 7.39. The summed E-state index contributed by atoms with van der Waals surface area (Å²) in [5, 5.41) is 9.78. The topological polar surface area (TPSA) is 67.2 Å². The highest BCUT2D eigenvalue weighted by atomic mass is 35.5. The lowest BCUT2D eigenvalue weighted by Gasteiger charge is -2.05. The first-order valence-corrected chi connectivity index (χ1v) is 7.04. The Bertz CT molecular complexity index is 817. The predicted octanol–water partition coefficient (Wildman–Crippen LogP) is 3.92. The standard InChI is InChI=1S/C18H12ClNO3/c1-23-18(22)16-5-3-2-4-13(16)10-14(11-20)17(21)12-6-8-15(19)9-7-12/h2-10H,1H3/b14-10+. The minimum atomic E-state index is -0.534. The predicted molar refractivity (Wildman–Crippen MR) is 87.2 cm³/mol. The van der Waals surface area contributed by atoms with Crippen LogP contribution < -0.4 is 0 Å². The number of allylic oxidation sites excluding steroid dienone is 1. The summed E-state index contributed by atoms with van der Waals surface area (Å²) >= 11 is 5.79. The summed E-state index contributed by atoms with van der Waals surface area (Å²) in [5.41, 5.74) is 0.992. The van der Waals surface area contributed by atoms with Crippen LogP contribution in [-0.4, -0.2) is 18.9 Å². The van der Waals surface area contributed by atoms with Crippen LogP contribution in [-0.2, 0) is 4.74 Å². The van der Waals surface area contributed by atoms with Crippen LogP contribution in [0.1, 0.15) is 26.3 Å². The van der Waals surface area contributed by atoms with Gasteiger partial charge in [0, 0.05) is 10.6 Å². The highest BCUT2D eigenvalue weighted by Crippen LogP contribution is 2.18. The third-order valence-electron chi connectivity index (χ3n) is 3.14. The van der Waals surface area contributed by atoms with Crippen molar-refractivity contribution in [1.29, 1.82) is 5.26 Å². The number of rotatable bonds is 4. The molecule has 0 unspecified atom stereocenters. The Morgan fingerprint density at radius 2 is 1.78 bits per heavy atom. The lowest BCUT2D eigenvalue weighted by Crippen LogP contribution is -2.05. The van der Waals surface area contributed by atoms with Crippen LogP contribution >= 0.6 is 11.6 Å². The first-order chi connectivity index (χ1) is 11.1. The monoisotopic (exact) mass is 325 g/mol. The number of hydrogen-bond donors (Lipinski definition) is 0. The molecule has 2 aromatic rings. The molecule has 0 bridgehead atoms. The van der Waals surface area contributed by atoms with E-state index < -0.39 is 11.8 Å². The normalized spacial score (nSPS) is 10.7. The van der Waals surface area contributed by atoms with E-state index in [9.17, 15) is 14.9 Å². The fourth-order valence-electron chi connectivity index (χ4n) is 1.98. The van der Waals surface area contributed by atoms with Crippen molar-refractivity contribution in [3.05, 3.63) is 75.8 Å². The van der Waals surface area contributed by atoms with Gasteiger partial charge in [-0.3, -0.25) is 4.79 Å². The largest absolute Gasteiger partial charge is 0.465 e. The molecule has 0 heterocycles. The van der Waals surface area contributed by atoms with Gasteiger partial charge in [0.2, 0.25) is 5.78 Å². The van der Waals surface area contributed by atoms with Crippen molar-refractivity contribution in [1.82, 2.24) is 0 Å². The average molecular weight is 326 g/mol. The molecule has 0 spiro atoms. The summed E-state index contributed by atoms with van der Waals surface area (Å²) in [7, 11) is 1.27. The van der Waals surface area contributed by atoms with Crippen molar-refractivity contribution in [2.45, 2.75) is 0 Å². The van der Waals surface area contributed by atoms with Crippen molar-refractivity contribution in [3.63, 3.8) is 0 Å². The summed E-state index contributed by atoms with van der Waals surface area (Å²) in [4.78, 5) is 24.1. The Hall–Kier alpha value is -2.90. The van der Waals surface area contributed by atoms with E-state index in [1.807, 2.05) is 6.07 Å². The number of esters is 1. The van der Waals surface area contributed by atoms with Crippen LogP contribution in [0.5, 0.6) is 0 Å². The first-order valence-electron chi connectivity index (χ1n) is 6.66. The molecule has 0 amide bonds. The van der Waals surface area contributed by atoms with Crippen LogP contribution in [0.4, 0.5) is 0 Å². The number of benzene rings is 2. The number of nitriles is 1. The van der Waals surface area contributed by atoms with Crippen molar-refractivity contribution >= 4 is 29.4 Å². The fraction of sp³-hybridized carbons (Fsp3) is 0.0556. The third kappa shape index (κ3) is 3.85. The van der Waals surface area contributed by atoms with Gasteiger partial charge in [-0.2, -0.15) is 5.26 Å². The molecular weight excluding hydrogens is 314 g/mol. The third-order valence-corrected chi connectivity index (χ3v) is 3.39. The molecule has 0 N–H and O–H groups in total. The zero-order valence-electron chi connectivity index (χ0n) is 12.2. The highest BCUT2D eigenvalue weighted by molar-refractivity contribution is 6.30. The van der Waals surface area contributed by atoms with Gasteiger partial charge in [0.25, 0.3) is 0 Å².